The molecule has 1 saturated heterocycles. The van der Waals surface area contributed by atoms with Crippen molar-refractivity contribution in [3.05, 3.63) is 35.9 Å². The summed E-state index contributed by atoms with van der Waals surface area (Å²) in [6.45, 7) is 0. The third kappa shape index (κ3) is 4.53. The summed E-state index contributed by atoms with van der Waals surface area (Å²) in [5.74, 6) is 1.11. The number of aliphatic carboxylic acids is 1. The zero-order valence-corrected chi connectivity index (χ0v) is 12.6. The van der Waals surface area contributed by atoms with Crippen molar-refractivity contribution in [3.8, 4) is 0 Å². The number of rotatable bonds is 4. The number of hydrogen-bond donors (Lipinski definition) is 2. The Balaban J connectivity index is 1.93. The molecule has 1 atom stereocenters. The van der Waals surface area contributed by atoms with Crippen LogP contribution in [0, 0.1) is 0 Å². The third-order valence-corrected chi connectivity index (χ3v) is 4.50. The molecule has 1 unspecified atom stereocenters. The van der Waals surface area contributed by atoms with E-state index < -0.39 is 5.97 Å². The van der Waals surface area contributed by atoms with Crippen molar-refractivity contribution in [1.29, 1.82) is 0 Å². The molecule has 112 valence electrons. The third-order valence-electron chi connectivity index (χ3n) is 3.35. The highest BCUT2D eigenvalue weighted by molar-refractivity contribution is 7.99. The van der Waals surface area contributed by atoms with Crippen molar-refractivity contribution in [1.82, 2.24) is 4.90 Å². The molecule has 0 aliphatic carbocycles. The molecule has 1 aliphatic heterocycles. The first-order valence-corrected chi connectivity index (χ1v) is 7.84. The number of anilines is 1. The average molecular weight is 306 g/mol. The van der Waals surface area contributed by atoms with Gasteiger partial charge in [-0.25, -0.2) is 9.59 Å². The van der Waals surface area contributed by atoms with Crippen molar-refractivity contribution in [2.24, 2.45) is 0 Å². The Labute approximate surface area is 128 Å². The summed E-state index contributed by atoms with van der Waals surface area (Å²) in [7, 11) is 1.82. The first-order valence-electron chi connectivity index (χ1n) is 6.69. The zero-order valence-electron chi connectivity index (χ0n) is 11.8. The number of nitrogens with zero attached hydrogens (tertiary/aromatic N) is 1. The van der Waals surface area contributed by atoms with Crippen molar-refractivity contribution in [2.75, 3.05) is 23.9 Å². The lowest BCUT2D eigenvalue weighted by Crippen LogP contribution is -2.39. The van der Waals surface area contributed by atoms with E-state index >= 15 is 0 Å². The van der Waals surface area contributed by atoms with Gasteiger partial charge in [-0.05, 0) is 35.9 Å². The molecule has 1 aromatic carbocycles. The van der Waals surface area contributed by atoms with Crippen LogP contribution in [0.25, 0.3) is 6.08 Å². The predicted molar refractivity (Wildman–Crippen MR) is 85.6 cm³/mol. The van der Waals surface area contributed by atoms with Crippen LogP contribution in [-0.2, 0) is 4.79 Å². The lowest BCUT2D eigenvalue weighted by Gasteiger charge is -2.24. The van der Waals surface area contributed by atoms with Crippen LogP contribution in [0.4, 0.5) is 10.5 Å². The van der Waals surface area contributed by atoms with Gasteiger partial charge in [-0.2, -0.15) is 11.8 Å². The number of urea groups is 1. The van der Waals surface area contributed by atoms with Gasteiger partial charge in [0.15, 0.2) is 0 Å². The van der Waals surface area contributed by atoms with Crippen LogP contribution in [0.1, 0.15) is 12.0 Å². The summed E-state index contributed by atoms with van der Waals surface area (Å²) >= 11 is 1.87. The maximum atomic E-state index is 12.1. The maximum Gasteiger partial charge on any atom is 0.328 e. The molecule has 1 heterocycles. The fourth-order valence-corrected chi connectivity index (χ4v) is 3.32. The van der Waals surface area contributed by atoms with Crippen molar-refractivity contribution < 1.29 is 14.7 Å². The summed E-state index contributed by atoms with van der Waals surface area (Å²) in [6.07, 6.45) is 3.63. The molecule has 6 heteroatoms. The first-order chi connectivity index (χ1) is 10.1. The number of thioether (sulfide) groups is 1. The van der Waals surface area contributed by atoms with Crippen LogP contribution in [0.5, 0.6) is 0 Å². The minimum absolute atomic E-state index is 0.115. The Morgan fingerprint density at radius 3 is 2.67 bits per heavy atom. The van der Waals surface area contributed by atoms with Crippen LogP contribution < -0.4 is 5.32 Å². The minimum atomic E-state index is -0.983. The molecular formula is C15H18N2O3S. The van der Waals surface area contributed by atoms with E-state index in [1.807, 2.05) is 18.8 Å². The second-order valence-electron chi connectivity index (χ2n) is 4.85. The maximum absolute atomic E-state index is 12.1. The lowest BCUT2D eigenvalue weighted by atomic mass is 10.2. The van der Waals surface area contributed by atoms with Crippen molar-refractivity contribution in [3.63, 3.8) is 0 Å². The molecule has 2 N–H and O–H groups in total. The van der Waals surface area contributed by atoms with Crippen molar-refractivity contribution in [2.45, 2.75) is 12.5 Å². The molecule has 0 radical (unpaired) electrons. The monoisotopic (exact) mass is 306 g/mol. The summed E-state index contributed by atoms with van der Waals surface area (Å²) in [5.41, 5.74) is 1.47. The van der Waals surface area contributed by atoms with E-state index in [9.17, 15) is 9.59 Å². The van der Waals surface area contributed by atoms with E-state index in [4.69, 9.17) is 5.11 Å². The van der Waals surface area contributed by atoms with Crippen molar-refractivity contribution >= 4 is 35.5 Å². The molecule has 1 aromatic rings. The molecule has 1 fully saturated rings. The Kier molecular flexibility index (Phi) is 5.27. The molecule has 0 bridgehead atoms. The largest absolute Gasteiger partial charge is 0.478 e. The van der Waals surface area contributed by atoms with E-state index in [-0.39, 0.29) is 6.03 Å². The van der Waals surface area contributed by atoms with Crippen LogP contribution in [0.3, 0.4) is 0 Å². The SMILES string of the molecule is CN(C(=O)Nc1ccc(/C=C/C(=O)O)cc1)C1CCSC1. The number of nitrogens with one attached hydrogen (secondary N) is 1. The van der Waals surface area contributed by atoms with E-state index in [0.29, 0.717) is 11.7 Å². The van der Waals surface area contributed by atoms with E-state index in [1.165, 1.54) is 6.08 Å². The average Bonchev–Trinajstić information content (AvgIpc) is 2.99. The smallest absolute Gasteiger partial charge is 0.328 e. The predicted octanol–water partition coefficient (Wildman–Crippen LogP) is 2.75. The fourth-order valence-electron chi connectivity index (χ4n) is 2.05. The lowest BCUT2D eigenvalue weighted by molar-refractivity contribution is -0.131. The van der Waals surface area contributed by atoms with Gasteiger partial charge in [-0.15, -0.1) is 0 Å². The first kappa shape index (κ1) is 15.4. The Hall–Kier alpha value is -1.95. The highest BCUT2D eigenvalue weighted by atomic mass is 32.2. The van der Waals surface area contributed by atoms with Gasteiger partial charge >= 0.3 is 12.0 Å². The molecule has 2 amide bonds. The number of hydrogen-bond acceptors (Lipinski definition) is 3. The fraction of sp³-hybridized carbons (Fsp3) is 0.333. The zero-order chi connectivity index (χ0) is 15.2. The quantitative estimate of drug-likeness (QED) is 0.839. The van der Waals surface area contributed by atoms with Crippen LogP contribution in [-0.4, -0.2) is 46.6 Å². The number of benzene rings is 1. The van der Waals surface area contributed by atoms with Gasteiger partial charge in [0.25, 0.3) is 0 Å². The molecular weight excluding hydrogens is 288 g/mol. The number of carbonyl (C=O) groups excluding carboxylic acids is 1. The summed E-state index contributed by atoms with van der Waals surface area (Å²) < 4.78 is 0. The van der Waals surface area contributed by atoms with Gasteiger partial charge in [-0.1, -0.05) is 12.1 Å². The van der Waals surface area contributed by atoms with E-state index in [0.717, 1.165) is 29.6 Å². The summed E-state index contributed by atoms with van der Waals surface area (Å²) in [6, 6.07) is 7.23. The van der Waals surface area contributed by atoms with Gasteiger partial charge < -0.3 is 15.3 Å². The number of carboxylic acids is 1. The molecule has 1 aliphatic rings. The van der Waals surface area contributed by atoms with E-state index in [2.05, 4.69) is 5.32 Å². The van der Waals surface area contributed by atoms with Gasteiger partial charge in [0, 0.05) is 30.6 Å². The van der Waals surface area contributed by atoms with Gasteiger partial charge in [-0.3, -0.25) is 0 Å². The van der Waals surface area contributed by atoms with Crippen LogP contribution >= 0.6 is 11.8 Å². The van der Waals surface area contributed by atoms with Crippen LogP contribution in [0.15, 0.2) is 30.3 Å². The molecule has 2 rings (SSSR count). The number of carboxylic acid groups (broad SMARTS) is 1. The minimum Gasteiger partial charge on any atom is -0.478 e. The molecule has 5 nitrogen and oxygen atoms in total. The molecule has 0 aromatic heterocycles. The molecule has 0 spiro atoms. The Morgan fingerprint density at radius 1 is 1.38 bits per heavy atom. The highest BCUT2D eigenvalue weighted by Crippen LogP contribution is 2.22. The van der Waals surface area contributed by atoms with Gasteiger partial charge in [0.1, 0.15) is 0 Å². The van der Waals surface area contributed by atoms with Gasteiger partial charge in [0.05, 0.1) is 0 Å². The topological polar surface area (TPSA) is 69.6 Å². The second kappa shape index (κ2) is 7.17. The van der Waals surface area contributed by atoms with E-state index in [1.54, 1.807) is 29.2 Å². The number of amides is 2. The van der Waals surface area contributed by atoms with Gasteiger partial charge in [0.2, 0.25) is 0 Å². The summed E-state index contributed by atoms with van der Waals surface area (Å²) in [5, 5.41) is 11.4. The molecule has 0 saturated carbocycles. The highest BCUT2D eigenvalue weighted by Gasteiger charge is 2.23. The van der Waals surface area contributed by atoms with Crippen LogP contribution in [0.2, 0.25) is 0 Å². The normalized spacial score (nSPS) is 17.9. The Morgan fingerprint density at radius 2 is 2.10 bits per heavy atom. The number of carbonyl (C=O) groups is 2. The second-order valence-corrected chi connectivity index (χ2v) is 6.00. The Bertz CT molecular complexity index is 536. The summed E-state index contributed by atoms with van der Waals surface area (Å²) in [4.78, 5) is 24.3. The standard InChI is InChI=1S/C15H18N2O3S/c1-17(13-8-9-21-10-13)15(20)16-12-5-2-11(3-6-12)4-7-14(18)19/h2-7,13H,8-10H2,1H3,(H,16,20)(H,18,19)/b7-4+. The molecule has 21 heavy (non-hydrogen) atoms.